The summed E-state index contributed by atoms with van der Waals surface area (Å²) in [6, 6.07) is 12.9. The Balaban J connectivity index is 1.41. The van der Waals surface area contributed by atoms with E-state index in [1.807, 2.05) is 12.4 Å². The van der Waals surface area contributed by atoms with E-state index in [9.17, 15) is 0 Å². The van der Waals surface area contributed by atoms with Crippen LogP contribution in [0.25, 0.3) is 5.57 Å². The summed E-state index contributed by atoms with van der Waals surface area (Å²) in [5.41, 5.74) is 5.00. The number of nitrogens with one attached hydrogen (secondary N) is 1. The number of allylic oxidation sites excluding steroid dienone is 3. The average Bonchev–Trinajstić information content (AvgIpc) is 2.69. The maximum Gasteiger partial charge on any atom is 0.130 e. The number of pyridine rings is 1. The molecule has 4 nitrogen and oxygen atoms in total. The Bertz CT molecular complexity index is 802. The summed E-state index contributed by atoms with van der Waals surface area (Å²) < 4.78 is 0. The molecule has 0 atom stereocenters. The molecule has 4 rings (SSSR count). The van der Waals surface area contributed by atoms with Gasteiger partial charge in [0.2, 0.25) is 0 Å². The van der Waals surface area contributed by atoms with E-state index in [0.29, 0.717) is 0 Å². The van der Waals surface area contributed by atoms with Crippen LogP contribution < -0.4 is 10.2 Å². The van der Waals surface area contributed by atoms with Gasteiger partial charge in [0.05, 0.1) is 5.69 Å². The van der Waals surface area contributed by atoms with E-state index in [4.69, 9.17) is 4.98 Å². The second kappa shape index (κ2) is 7.75. The van der Waals surface area contributed by atoms with E-state index in [1.165, 1.54) is 16.7 Å². The van der Waals surface area contributed by atoms with Crippen molar-refractivity contribution in [3.63, 3.8) is 0 Å². The van der Waals surface area contributed by atoms with E-state index in [2.05, 4.69) is 70.6 Å². The number of benzene rings is 1. The van der Waals surface area contributed by atoms with Crippen molar-refractivity contribution in [3.8, 4) is 0 Å². The fourth-order valence-electron chi connectivity index (χ4n) is 3.65. The molecule has 0 amide bonds. The minimum absolute atomic E-state index is 1.02. The summed E-state index contributed by atoms with van der Waals surface area (Å²) in [5.74, 6) is 1.07. The number of aromatic nitrogens is 1. The highest BCUT2D eigenvalue weighted by Gasteiger charge is 2.20. The molecule has 0 saturated carbocycles. The van der Waals surface area contributed by atoms with Crippen molar-refractivity contribution in [1.82, 2.24) is 9.88 Å². The first kappa shape index (κ1) is 16.9. The standard InChI is InChI=1S/C22H26N4/c1-2-6-19-9-10-23-21-15-22(24-16-20(19)21)26-13-11-25(12-14-26)17-18-7-4-3-5-8-18/h3-10,15-16,23H,2,11-14,17H2,1H3. The van der Waals surface area contributed by atoms with Crippen LogP contribution in [-0.4, -0.2) is 36.1 Å². The third-order valence-electron chi connectivity index (χ3n) is 5.07. The molecule has 134 valence electrons. The van der Waals surface area contributed by atoms with Gasteiger partial charge >= 0.3 is 0 Å². The second-order valence-corrected chi connectivity index (χ2v) is 6.88. The van der Waals surface area contributed by atoms with Crippen LogP contribution in [0, 0.1) is 0 Å². The number of hydrogen-bond acceptors (Lipinski definition) is 4. The molecule has 2 aliphatic heterocycles. The zero-order chi connectivity index (χ0) is 17.8. The molecule has 1 N–H and O–H groups in total. The fraction of sp³-hybridized carbons (Fsp3) is 0.318. The molecule has 2 aromatic rings. The number of nitrogens with zero attached hydrogens (tertiary/aromatic N) is 3. The van der Waals surface area contributed by atoms with Crippen LogP contribution >= 0.6 is 0 Å². The van der Waals surface area contributed by atoms with E-state index < -0.39 is 0 Å². The molecule has 1 aromatic carbocycles. The Morgan fingerprint density at radius 3 is 2.69 bits per heavy atom. The van der Waals surface area contributed by atoms with E-state index in [1.54, 1.807) is 0 Å². The number of piperazine rings is 1. The van der Waals surface area contributed by atoms with Crippen molar-refractivity contribution >= 4 is 17.1 Å². The van der Waals surface area contributed by atoms with Gasteiger partial charge in [-0.25, -0.2) is 4.98 Å². The van der Waals surface area contributed by atoms with E-state index in [-0.39, 0.29) is 0 Å². The molecule has 2 aliphatic rings. The first-order valence-corrected chi connectivity index (χ1v) is 9.48. The molecular formula is C22H26N4. The quantitative estimate of drug-likeness (QED) is 0.902. The normalized spacial score (nSPS) is 18.7. The van der Waals surface area contributed by atoms with Gasteiger partial charge in [0, 0.05) is 56.8 Å². The fourth-order valence-corrected chi connectivity index (χ4v) is 3.65. The van der Waals surface area contributed by atoms with Crippen LogP contribution in [0.1, 0.15) is 24.5 Å². The Morgan fingerprint density at radius 2 is 1.92 bits per heavy atom. The number of fused-ring (bicyclic) bond motifs is 1. The zero-order valence-electron chi connectivity index (χ0n) is 15.4. The third kappa shape index (κ3) is 3.65. The molecule has 0 spiro atoms. The summed E-state index contributed by atoms with van der Waals surface area (Å²) in [4.78, 5) is 9.66. The molecular weight excluding hydrogens is 320 g/mol. The smallest absolute Gasteiger partial charge is 0.130 e. The van der Waals surface area contributed by atoms with Gasteiger partial charge in [-0.3, -0.25) is 4.90 Å². The van der Waals surface area contributed by atoms with Gasteiger partial charge in [0.1, 0.15) is 5.82 Å². The topological polar surface area (TPSA) is 31.4 Å². The second-order valence-electron chi connectivity index (χ2n) is 6.88. The predicted molar refractivity (Wildman–Crippen MR) is 109 cm³/mol. The molecule has 0 aliphatic carbocycles. The van der Waals surface area contributed by atoms with E-state index >= 15 is 0 Å². The summed E-state index contributed by atoms with van der Waals surface area (Å²) in [6.07, 6.45) is 9.43. The summed E-state index contributed by atoms with van der Waals surface area (Å²) >= 11 is 0. The Morgan fingerprint density at radius 1 is 1.12 bits per heavy atom. The molecule has 0 bridgehead atoms. The van der Waals surface area contributed by atoms with Crippen LogP contribution in [0.4, 0.5) is 11.5 Å². The van der Waals surface area contributed by atoms with Crippen LogP contribution in [-0.2, 0) is 6.54 Å². The summed E-state index contributed by atoms with van der Waals surface area (Å²) in [6.45, 7) is 7.38. The third-order valence-corrected chi connectivity index (χ3v) is 5.07. The minimum atomic E-state index is 1.02. The first-order valence-electron chi connectivity index (χ1n) is 9.48. The largest absolute Gasteiger partial charge is 0.361 e. The van der Waals surface area contributed by atoms with Gasteiger partial charge in [-0.15, -0.1) is 0 Å². The van der Waals surface area contributed by atoms with Crippen LogP contribution in [0.5, 0.6) is 0 Å². The van der Waals surface area contributed by atoms with Crippen molar-refractivity contribution in [2.45, 2.75) is 19.9 Å². The van der Waals surface area contributed by atoms with Crippen molar-refractivity contribution in [3.05, 3.63) is 72.1 Å². The molecule has 0 unspecified atom stereocenters. The SMILES string of the molecule is CCC=C1C=CNc2cc(N3CCN(Cc4ccccc4)CC3)ncc21. The highest BCUT2D eigenvalue weighted by Crippen LogP contribution is 2.31. The lowest BCUT2D eigenvalue weighted by atomic mass is 10.0. The van der Waals surface area contributed by atoms with Crippen molar-refractivity contribution < 1.29 is 0 Å². The van der Waals surface area contributed by atoms with Gasteiger partial charge in [0.15, 0.2) is 0 Å². The van der Waals surface area contributed by atoms with Gasteiger partial charge in [0.25, 0.3) is 0 Å². The molecule has 26 heavy (non-hydrogen) atoms. The molecule has 1 fully saturated rings. The monoisotopic (exact) mass is 346 g/mol. The van der Waals surface area contributed by atoms with Crippen LogP contribution in [0.15, 0.2) is 60.9 Å². The predicted octanol–water partition coefficient (Wildman–Crippen LogP) is 4.14. The van der Waals surface area contributed by atoms with Crippen LogP contribution in [0.3, 0.4) is 0 Å². The zero-order valence-corrected chi connectivity index (χ0v) is 15.4. The Labute approximate surface area is 155 Å². The van der Waals surface area contributed by atoms with Gasteiger partial charge in [-0.05, 0) is 23.6 Å². The summed E-state index contributed by atoms with van der Waals surface area (Å²) in [7, 11) is 0. The molecule has 0 radical (unpaired) electrons. The molecule has 3 heterocycles. The van der Waals surface area contributed by atoms with Crippen molar-refractivity contribution in [1.29, 1.82) is 0 Å². The lowest BCUT2D eigenvalue weighted by Gasteiger charge is -2.35. The van der Waals surface area contributed by atoms with Crippen molar-refractivity contribution in [2.24, 2.45) is 0 Å². The Kier molecular flexibility index (Phi) is 5.02. The Hall–Kier alpha value is -2.59. The molecule has 4 heteroatoms. The highest BCUT2D eigenvalue weighted by atomic mass is 15.3. The average molecular weight is 346 g/mol. The van der Waals surface area contributed by atoms with Crippen molar-refractivity contribution in [2.75, 3.05) is 36.4 Å². The van der Waals surface area contributed by atoms with E-state index in [0.717, 1.165) is 50.6 Å². The molecule has 1 aromatic heterocycles. The highest BCUT2D eigenvalue weighted by molar-refractivity contribution is 5.86. The van der Waals surface area contributed by atoms with Crippen LogP contribution in [0.2, 0.25) is 0 Å². The lowest BCUT2D eigenvalue weighted by molar-refractivity contribution is 0.249. The van der Waals surface area contributed by atoms with Gasteiger partial charge in [-0.1, -0.05) is 43.3 Å². The maximum absolute atomic E-state index is 4.75. The molecule has 1 saturated heterocycles. The first-order chi connectivity index (χ1) is 12.8. The number of hydrogen-bond donors (Lipinski definition) is 1. The number of anilines is 2. The number of rotatable bonds is 4. The van der Waals surface area contributed by atoms with Gasteiger partial charge in [-0.2, -0.15) is 0 Å². The summed E-state index contributed by atoms with van der Waals surface area (Å²) in [5, 5.41) is 3.37. The minimum Gasteiger partial charge on any atom is -0.361 e. The maximum atomic E-state index is 4.75. The lowest BCUT2D eigenvalue weighted by Crippen LogP contribution is -2.46. The van der Waals surface area contributed by atoms with Gasteiger partial charge < -0.3 is 10.2 Å².